The molecular formula is C8H7Cl2FN2. The summed E-state index contributed by atoms with van der Waals surface area (Å²) in [6.07, 6.45) is 4.16. The van der Waals surface area contributed by atoms with Gasteiger partial charge in [0, 0.05) is 12.7 Å². The number of halogens is 3. The molecule has 0 aliphatic carbocycles. The quantitative estimate of drug-likeness (QED) is 0.848. The fourth-order valence-electron chi connectivity index (χ4n) is 0.757. The van der Waals surface area contributed by atoms with Gasteiger partial charge in [-0.05, 0) is 12.1 Å². The van der Waals surface area contributed by atoms with Gasteiger partial charge in [0.15, 0.2) is 5.82 Å². The van der Waals surface area contributed by atoms with Crippen LogP contribution in [0.4, 0.5) is 10.1 Å². The van der Waals surface area contributed by atoms with Crippen molar-refractivity contribution >= 4 is 28.9 Å². The van der Waals surface area contributed by atoms with E-state index in [-0.39, 0.29) is 4.49 Å². The first-order chi connectivity index (χ1) is 6.20. The second-order valence-corrected chi connectivity index (χ2v) is 3.24. The van der Waals surface area contributed by atoms with Gasteiger partial charge in [-0.25, -0.2) is 4.39 Å². The average Bonchev–Trinajstić information content (AvgIpc) is 2.08. The number of aromatic nitrogens is 1. The van der Waals surface area contributed by atoms with Crippen LogP contribution in [0.25, 0.3) is 0 Å². The van der Waals surface area contributed by atoms with Crippen molar-refractivity contribution in [3.05, 3.63) is 34.8 Å². The highest BCUT2D eigenvalue weighted by Gasteiger charge is 1.97. The molecule has 2 nitrogen and oxygen atoms in total. The number of nitrogens with one attached hydrogen (secondary N) is 1. The molecule has 1 aromatic heterocycles. The van der Waals surface area contributed by atoms with Gasteiger partial charge in [-0.2, -0.15) is 0 Å². The number of pyridine rings is 1. The van der Waals surface area contributed by atoms with Crippen LogP contribution in [0.3, 0.4) is 0 Å². The summed E-state index contributed by atoms with van der Waals surface area (Å²) in [5.74, 6) is -0.401. The summed E-state index contributed by atoms with van der Waals surface area (Å²) in [6.45, 7) is 0.378. The van der Waals surface area contributed by atoms with Crippen LogP contribution in [-0.2, 0) is 0 Å². The summed E-state index contributed by atoms with van der Waals surface area (Å²) in [5.41, 5.74) is 0.376. The molecule has 0 amide bonds. The fourth-order valence-corrected chi connectivity index (χ4v) is 0.911. The molecule has 0 bridgehead atoms. The normalized spacial score (nSPS) is 9.46. The molecule has 0 saturated heterocycles. The van der Waals surface area contributed by atoms with Gasteiger partial charge in [0.05, 0.1) is 11.9 Å². The zero-order valence-corrected chi connectivity index (χ0v) is 8.11. The summed E-state index contributed by atoms with van der Waals surface area (Å²) in [6, 6.07) is 1.53. The lowest BCUT2D eigenvalue weighted by Gasteiger charge is -2.02. The van der Waals surface area contributed by atoms with Gasteiger partial charge in [-0.15, -0.1) is 0 Å². The molecule has 5 heteroatoms. The molecule has 1 N–H and O–H groups in total. The molecule has 0 aromatic carbocycles. The van der Waals surface area contributed by atoms with E-state index in [0.717, 1.165) is 6.20 Å². The van der Waals surface area contributed by atoms with Gasteiger partial charge >= 0.3 is 0 Å². The van der Waals surface area contributed by atoms with Crippen molar-refractivity contribution in [3.63, 3.8) is 0 Å². The summed E-state index contributed by atoms with van der Waals surface area (Å²) in [4.78, 5) is 3.61. The molecule has 1 heterocycles. The molecule has 0 unspecified atom stereocenters. The molecule has 0 aliphatic rings. The van der Waals surface area contributed by atoms with E-state index in [0.29, 0.717) is 12.2 Å². The van der Waals surface area contributed by atoms with Crippen LogP contribution < -0.4 is 5.32 Å². The van der Waals surface area contributed by atoms with Crippen molar-refractivity contribution in [1.29, 1.82) is 0 Å². The lowest BCUT2D eigenvalue weighted by Crippen LogP contribution is -2.00. The monoisotopic (exact) mass is 220 g/mol. The third-order valence-electron chi connectivity index (χ3n) is 1.32. The number of hydrogen-bond donors (Lipinski definition) is 1. The lowest BCUT2D eigenvalue weighted by molar-refractivity contribution is 0.624. The Morgan fingerprint density at radius 2 is 2.38 bits per heavy atom. The van der Waals surface area contributed by atoms with E-state index in [1.165, 1.54) is 18.3 Å². The minimum Gasteiger partial charge on any atom is -0.379 e. The van der Waals surface area contributed by atoms with Gasteiger partial charge in [0.1, 0.15) is 4.49 Å². The number of hydrogen-bond acceptors (Lipinski definition) is 2. The molecule has 0 fully saturated rings. The average molecular weight is 221 g/mol. The second-order valence-electron chi connectivity index (χ2n) is 2.23. The predicted octanol–water partition coefficient (Wildman–Crippen LogP) is 2.95. The van der Waals surface area contributed by atoms with E-state index in [1.54, 1.807) is 0 Å². The van der Waals surface area contributed by atoms with Gasteiger partial charge in [0.25, 0.3) is 0 Å². The van der Waals surface area contributed by atoms with E-state index in [1.807, 2.05) is 0 Å². The van der Waals surface area contributed by atoms with Gasteiger partial charge in [0.2, 0.25) is 0 Å². The van der Waals surface area contributed by atoms with Gasteiger partial charge in [-0.3, -0.25) is 4.98 Å². The van der Waals surface area contributed by atoms with Crippen LogP contribution in [0.1, 0.15) is 0 Å². The van der Waals surface area contributed by atoms with Crippen LogP contribution in [0, 0.1) is 5.82 Å². The standard InChI is InChI=1S/C8H7Cl2FN2/c9-8(10)2-4-13-7-1-3-12-5-6(7)11/h1-3,5H,4H2,(H,12,13). The molecule has 70 valence electrons. The molecule has 0 spiro atoms. The zero-order chi connectivity index (χ0) is 9.68. The Labute approximate surface area is 85.4 Å². The Morgan fingerprint density at radius 1 is 1.62 bits per heavy atom. The van der Waals surface area contributed by atoms with Crippen molar-refractivity contribution in [2.75, 3.05) is 11.9 Å². The molecular weight excluding hydrogens is 214 g/mol. The highest BCUT2D eigenvalue weighted by molar-refractivity contribution is 6.55. The van der Waals surface area contributed by atoms with Crippen molar-refractivity contribution in [3.8, 4) is 0 Å². The largest absolute Gasteiger partial charge is 0.379 e. The highest BCUT2D eigenvalue weighted by Crippen LogP contribution is 2.11. The first-order valence-electron chi connectivity index (χ1n) is 3.54. The van der Waals surface area contributed by atoms with Crippen LogP contribution in [0.2, 0.25) is 0 Å². The number of anilines is 1. The predicted molar refractivity (Wildman–Crippen MR) is 52.5 cm³/mol. The van der Waals surface area contributed by atoms with Crippen molar-refractivity contribution in [2.45, 2.75) is 0 Å². The number of rotatable bonds is 3. The minimum absolute atomic E-state index is 0.155. The second kappa shape index (κ2) is 5.04. The Hall–Kier alpha value is -0.800. The van der Waals surface area contributed by atoms with E-state index in [2.05, 4.69) is 10.3 Å². The molecule has 0 saturated carbocycles. The Morgan fingerprint density at radius 3 is 3.00 bits per heavy atom. The minimum atomic E-state index is -0.401. The van der Waals surface area contributed by atoms with Crippen molar-refractivity contribution < 1.29 is 4.39 Å². The molecule has 0 aliphatic heterocycles. The summed E-state index contributed by atoms with van der Waals surface area (Å²) in [7, 11) is 0. The van der Waals surface area contributed by atoms with E-state index in [9.17, 15) is 4.39 Å². The third-order valence-corrected chi connectivity index (χ3v) is 1.63. The highest BCUT2D eigenvalue weighted by atomic mass is 35.5. The lowest BCUT2D eigenvalue weighted by atomic mass is 10.4. The third kappa shape index (κ3) is 3.61. The summed E-state index contributed by atoms with van der Waals surface area (Å²) in [5, 5.41) is 2.78. The van der Waals surface area contributed by atoms with Gasteiger partial charge < -0.3 is 5.32 Å². The molecule has 1 rings (SSSR count). The van der Waals surface area contributed by atoms with Crippen molar-refractivity contribution in [2.24, 2.45) is 0 Å². The topological polar surface area (TPSA) is 24.9 Å². The van der Waals surface area contributed by atoms with Crippen LogP contribution in [-0.4, -0.2) is 11.5 Å². The van der Waals surface area contributed by atoms with Crippen LogP contribution >= 0.6 is 23.2 Å². The molecule has 13 heavy (non-hydrogen) atoms. The molecule has 0 radical (unpaired) electrons. The number of nitrogens with zero attached hydrogens (tertiary/aromatic N) is 1. The molecule has 0 atom stereocenters. The zero-order valence-electron chi connectivity index (χ0n) is 6.60. The maximum atomic E-state index is 12.9. The van der Waals surface area contributed by atoms with Crippen molar-refractivity contribution in [1.82, 2.24) is 4.98 Å². The first kappa shape index (κ1) is 10.3. The van der Waals surface area contributed by atoms with E-state index in [4.69, 9.17) is 23.2 Å². The fraction of sp³-hybridized carbons (Fsp3) is 0.125. The smallest absolute Gasteiger partial charge is 0.164 e. The Balaban J connectivity index is 2.55. The SMILES string of the molecule is Fc1cnccc1NCC=C(Cl)Cl. The maximum absolute atomic E-state index is 12.9. The van der Waals surface area contributed by atoms with E-state index >= 15 is 0 Å². The first-order valence-corrected chi connectivity index (χ1v) is 4.30. The van der Waals surface area contributed by atoms with Crippen LogP contribution in [0.15, 0.2) is 29.0 Å². The summed E-state index contributed by atoms with van der Waals surface area (Å²) >= 11 is 10.7. The van der Waals surface area contributed by atoms with E-state index < -0.39 is 5.82 Å². The maximum Gasteiger partial charge on any atom is 0.164 e. The Bertz CT molecular complexity index is 311. The van der Waals surface area contributed by atoms with Gasteiger partial charge in [-0.1, -0.05) is 23.2 Å². The van der Waals surface area contributed by atoms with Crippen LogP contribution in [0.5, 0.6) is 0 Å². The molecule has 1 aromatic rings. The summed E-state index contributed by atoms with van der Waals surface area (Å²) < 4.78 is 13.1. The Kier molecular flexibility index (Phi) is 3.99.